The molecule has 0 aliphatic heterocycles. The molecule has 0 atom stereocenters. The number of carbonyl (C=O) groups excluding carboxylic acids is 1. The van der Waals surface area contributed by atoms with Crippen LogP contribution in [0.25, 0.3) is 0 Å². The molecule has 0 aromatic heterocycles. The van der Waals surface area contributed by atoms with E-state index in [1.165, 1.54) is 0 Å². The monoisotopic (exact) mass is 194 g/mol. The molecule has 2 N–H and O–H groups in total. The van der Waals surface area contributed by atoms with E-state index >= 15 is 0 Å². The van der Waals surface area contributed by atoms with Crippen LogP contribution in [0.5, 0.6) is 0 Å². The van der Waals surface area contributed by atoms with Crippen LogP contribution < -0.4 is 0 Å². The van der Waals surface area contributed by atoms with Crippen molar-refractivity contribution in [3.05, 3.63) is 0 Å². The molecule has 0 aliphatic carbocycles. The molecule has 0 aliphatic rings. The minimum atomic E-state index is -1.22. The Labute approximate surface area is 75.8 Å². The van der Waals surface area contributed by atoms with Gasteiger partial charge in [0, 0.05) is 6.42 Å². The molecule has 0 radical (unpaired) electrons. The Morgan fingerprint density at radius 1 is 0.917 bits per heavy atom. The van der Waals surface area contributed by atoms with E-state index in [9.17, 15) is 14.4 Å². The fourth-order valence-corrected chi connectivity index (χ4v) is 0.503. The van der Waals surface area contributed by atoms with Crippen molar-refractivity contribution in [2.24, 2.45) is 0 Å². The number of hydrogen-bond acceptors (Lipinski definition) is 3. The average molecular weight is 194 g/mol. The lowest BCUT2D eigenvalue weighted by Crippen LogP contribution is -2.08. The minimum Gasteiger partial charge on any atom is -0.481 e. The van der Waals surface area contributed by atoms with Crippen LogP contribution in [0.4, 0.5) is 0 Å². The number of aliphatic carboxylic acids is 2. The number of hydrogen-bond donors (Lipinski definition) is 2. The van der Waals surface area contributed by atoms with Gasteiger partial charge in [-0.25, -0.2) is 0 Å². The van der Waals surface area contributed by atoms with Crippen molar-refractivity contribution in [3.63, 3.8) is 0 Å². The minimum absolute atomic E-state index is 0. The van der Waals surface area contributed by atoms with Crippen LogP contribution in [-0.2, 0) is 14.4 Å². The summed E-state index contributed by atoms with van der Waals surface area (Å²) >= 11 is 0. The van der Waals surface area contributed by atoms with Crippen molar-refractivity contribution in [3.8, 4) is 0 Å². The first-order chi connectivity index (χ1) is 5.02. The second-order valence-corrected chi connectivity index (χ2v) is 2.00. The summed E-state index contributed by atoms with van der Waals surface area (Å²) < 4.78 is 0. The third-order valence-corrected chi connectivity index (χ3v) is 0.966. The van der Waals surface area contributed by atoms with Gasteiger partial charge in [0.2, 0.25) is 0 Å². The van der Waals surface area contributed by atoms with E-state index in [0.717, 1.165) is 0 Å². The van der Waals surface area contributed by atoms with Crippen LogP contribution in [0.3, 0.4) is 0 Å². The topological polar surface area (TPSA) is 91.7 Å². The largest absolute Gasteiger partial charge is 0.481 e. The van der Waals surface area contributed by atoms with Gasteiger partial charge >= 0.3 is 11.9 Å². The summed E-state index contributed by atoms with van der Waals surface area (Å²) in [5, 5.41) is 16.2. The Hall–Kier alpha value is -1.04. The molecule has 0 fully saturated rings. The first-order valence-electron chi connectivity index (χ1n) is 2.97. The van der Waals surface area contributed by atoms with Crippen molar-refractivity contribution >= 4 is 31.2 Å². The van der Waals surface area contributed by atoms with Crippen LogP contribution in [0.2, 0.25) is 0 Å². The quantitative estimate of drug-likeness (QED) is 0.601. The molecule has 0 spiro atoms. The molecule has 0 rings (SSSR count). The fourth-order valence-electron chi connectivity index (χ4n) is 0.503. The maximum Gasteiger partial charge on any atom is 0.310 e. The van der Waals surface area contributed by atoms with Gasteiger partial charge in [0.05, 0.1) is 6.42 Å². The van der Waals surface area contributed by atoms with Gasteiger partial charge in [0.15, 0.2) is 0 Å². The lowest BCUT2D eigenvalue weighted by atomic mass is 10.2. The van der Waals surface area contributed by atoms with Gasteiger partial charge in [0.25, 0.3) is 0 Å². The summed E-state index contributed by atoms with van der Waals surface area (Å²) in [7, 11) is 0. The predicted molar refractivity (Wildman–Crippen MR) is 44.5 cm³/mol. The summed E-state index contributed by atoms with van der Waals surface area (Å²) in [6.07, 6.45) is -1.10. The van der Waals surface area contributed by atoms with Crippen LogP contribution in [0.1, 0.15) is 19.3 Å². The number of Topliss-reactive ketones (excluding diaryl/α,β-unsaturated/α-hetero) is 1. The Morgan fingerprint density at radius 2 is 1.42 bits per heavy atom. The molecule has 0 unspecified atom stereocenters. The lowest BCUT2D eigenvalue weighted by Gasteiger charge is -1.92. The smallest absolute Gasteiger partial charge is 0.310 e. The molecular formula is C6H10O5S. The predicted octanol–water partition coefficient (Wildman–Crippen LogP) is 0.00780. The highest BCUT2D eigenvalue weighted by Gasteiger charge is 2.08. The van der Waals surface area contributed by atoms with Gasteiger partial charge in [-0.05, 0) is 0 Å². The van der Waals surface area contributed by atoms with E-state index in [4.69, 9.17) is 10.2 Å². The molecule has 70 valence electrons. The summed E-state index contributed by atoms with van der Waals surface area (Å²) in [4.78, 5) is 30.3. The Bertz CT molecular complexity index is 188. The molecule has 6 heteroatoms. The maximum absolute atomic E-state index is 10.5. The average Bonchev–Trinajstić information content (AvgIpc) is 1.82. The molecule has 0 saturated carbocycles. The van der Waals surface area contributed by atoms with E-state index < -0.39 is 24.1 Å². The number of carbonyl (C=O) groups is 3. The van der Waals surface area contributed by atoms with E-state index in [1.54, 1.807) is 0 Å². The molecular weight excluding hydrogens is 184 g/mol. The number of carboxylic acids is 2. The van der Waals surface area contributed by atoms with Crippen LogP contribution in [0, 0.1) is 0 Å². The van der Waals surface area contributed by atoms with Gasteiger partial charge in [-0.15, -0.1) is 0 Å². The van der Waals surface area contributed by atoms with Gasteiger partial charge in [-0.3, -0.25) is 14.4 Å². The summed E-state index contributed by atoms with van der Waals surface area (Å²) in [5.74, 6) is -2.87. The Morgan fingerprint density at radius 3 is 1.75 bits per heavy atom. The SMILES string of the molecule is O=C(O)CCC(=O)CC(=O)O.S. The maximum atomic E-state index is 10.5. The van der Waals surface area contributed by atoms with Crippen molar-refractivity contribution in [2.75, 3.05) is 0 Å². The van der Waals surface area contributed by atoms with Crippen molar-refractivity contribution in [2.45, 2.75) is 19.3 Å². The molecule has 5 nitrogen and oxygen atoms in total. The standard InChI is InChI=1S/C6H8O5.H2S/c7-4(3-6(10)11)1-2-5(8)9;/h1-3H2,(H,8,9)(H,10,11);1H2. The molecule has 12 heavy (non-hydrogen) atoms. The molecule has 0 amide bonds. The molecule has 0 heterocycles. The van der Waals surface area contributed by atoms with Gasteiger partial charge < -0.3 is 10.2 Å². The summed E-state index contributed by atoms with van der Waals surface area (Å²) in [5.41, 5.74) is 0. The second kappa shape index (κ2) is 6.66. The van der Waals surface area contributed by atoms with Gasteiger partial charge in [-0.1, -0.05) is 0 Å². The third kappa shape index (κ3) is 8.96. The van der Waals surface area contributed by atoms with Gasteiger partial charge in [0.1, 0.15) is 12.2 Å². The zero-order valence-corrected chi connectivity index (χ0v) is 7.24. The third-order valence-electron chi connectivity index (χ3n) is 0.966. The molecule has 0 aromatic rings. The normalized spacial score (nSPS) is 8.33. The highest BCUT2D eigenvalue weighted by atomic mass is 32.1. The van der Waals surface area contributed by atoms with Gasteiger partial charge in [-0.2, -0.15) is 13.5 Å². The van der Waals surface area contributed by atoms with E-state index in [1.807, 2.05) is 0 Å². The Kier molecular flexibility index (Phi) is 7.51. The number of rotatable bonds is 5. The second-order valence-electron chi connectivity index (χ2n) is 2.00. The molecule has 0 bridgehead atoms. The fraction of sp³-hybridized carbons (Fsp3) is 0.500. The van der Waals surface area contributed by atoms with E-state index in [2.05, 4.69) is 0 Å². The molecule has 0 aromatic carbocycles. The van der Waals surface area contributed by atoms with E-state index in [-0.39, 0.29) is 26.3 Å². The molecule has 0 saturated heterocycles. The van der Waals surface area contributed by atoms with E-state index in [0.29, 0.717) is 0 Å². The zero-order chi connectivity index (χ0) is 8.85. The van der Waals surface area contributed by atoms with Crippen LogP contribution in [-0.4, -0.2) is 27.9 Å². The van der Waals surface area contributed by atoms with Crippen LogP contribution in [0.15, 0.2) is 0 Å². The van der Waals surface area contributed by atoms with Crippen molar-refractivity contribution < 1.29 is 24.6 Å². The van der Waals surface area contributed by atoms with Crippen molar-refractivity contribution in [1.29, 1.82) is 0 Å². The summed E-state index contributed by atoms with van der Waals surface area (Å²) in [6, 6.07) is 0. The first kappa shape index (κ1) is 13.5. The highest BCUT2D eigenvalue weighted by molar-refractivity contribution is 7.59. The van der Waals surface area contributed by atoms with Crippen molar-refractivity contribution in [1.82, 2.24) is 0 Å². The van der Waals surface area contributed by atoms with Crippen LogP contribution >= 0.6 is 13.5 Å². The Balaban J connectivity index is 0. The zero-order valence-electron chi connectivity index (χ0n) is 6.24. The highest BCUT2D eigenvalue weighted by Crippen LogP contribution is 1.94. The first-order valence-corrected chi connectivity index (χ1v) is 2.97. The number of ketones is 1. The number of carboxylic acid groups (broad SMARTS) is 2. The summed E-state index contributed by atoms with van der Waals surface area (Å²) in [6.45, 7) is 0. The lowest BCUT2D eigenvalue weighted by molar-refractivity contribution is -0.142.